The van der Waals surface area contributed by atoms with Gasteiger partial charge in [-0.05, 0) is 6.92 Å². The van der Waals surface area contributed by atoms with E-state index in [0.29, 0.717) is 5.41 Å². The lowest BCUT2D eigenvalue weighted by Gasteiger charge is -2.47. The van der Waals surface area contributed by atoms with E-state index in [-0.39, 0.29) is 6.03 Å². The normalized spacial score (nSPS) is 24.6. The van der Waals surface area contributed by atoms with E-state index in [9.17, 15) is 4.79 Å². The highest BCUT2D eigenvalue weighted by Gasteiger charge is 2.39. The van der Waals surface area contributed by atoms with Gasteiger partial charge in [0.25, 0.3) is 0 Å². The van der Waals surface area contributed by atoms with Crippen molar-refractivity contribution in [3.05, 3.63) is 11.6 Å². The molecule has 0 aliphatic carbocycles. The number of hydrogen-bond donors (Lipinski definition) is 0. The quantitative estimate of drug-likeness (QED) is 0.538. The summed E-state index contributed by atoms with van der Waals surface area (Å²) in [4.78, 5) is 15.7. The van der Waals surface area contributed by atoms with Gasteiger partial charge >= 0.3 is 6.03 Å². The van der Waals surface area contributed by atoms with Crippen LogP contribution >= 0.6 is 0 Å². The van der Waals surface area contributed by atoms with Gasteiger partial charge in [-0.1, -0.05) is 25.5 Å². The second kappa shape index (κ2) is 3.01. The molecule has 0 unspecified atom stereocenters. The molecule has 0 radical (unpaired) electrons. The largest absolute Gasteiger partial charge is 0.323 e. The monoisotopic (exact) mass is 194 g/mol. The summed E-state index contributed by atoms with van der Waals surface area (Å²) >= 11 is 0. The fourth-order valence-electron chi connectivity index (χ4n) is 2.16. The fraction of sp³-hybridized carbons (Fsp3) is 0.727. The Morgan fingerprint density at radius 1 is 1.36 bits per heavy atom. The first-order valence-corrected chi connectivity index (χ1v) is 5.17. The summed E-state index contributed by atoms with van der Waals surface area (Å²) in [5, 5.41) is 0. The Hall–Kier alpha value is -0.990. The molecule has 0 aromatic heterocycles. The smallest absolute Gasteiger partial charge is 0.320 e. The summed E-state index contributed by atoms with van der Waals surface area (Å²) in [5.74, 6) is 0. The van der Waals surface area contributed by atoms with Gasteiger partial charge in [0.1, 0.15) is 0 Å². The van der Waals surface area contributed by atoms with E-state index in [4.69, 9.17) is 0 Å². The molecule has 78 valence electrons. The van der Waals surface area contributed by atoms with Crippen molar-refractivity contribution in [2.75, 3.05) is 26.2 Å². The highest BCUT2D eigenvalue weighted by atomic mass is 16.2. The minimum atomic E-state index is 0.206. The maximum absolute atomic E-state index is 11.9. The van der Waals surface area contributed by atoms with Gasteiger partial charge in [-0.2, -0.15) is 0 Å². The number of rotatable bonds is 0. The third-order valence-electron chi connectivity index (χ3n) is 2.88. The summed E-state index contributed by atoms with van der Waals surface area (Å²) in [6.45, 7) is 9.89. The van der Waals surface area contributed by atoms with E-state index in [0.717, 1.165) is 26.2 Å². The summed E-state index contributed by atoms with van der Waals surface area (Å²) in [5.41, 5.74) is 1.64. The van der Waals surface area contributed by atoms with Crippen molar-refractivity contribution in [1.29, 1.82) is 0 Å². The number of urea groups is 1. The van der Waals surface area contributed by atoms with E-state index in [1.54, 1.807) is 0 Å². The first-order chi connectivity index (χ1) is 6.48. The molecule has 2 amide bonds. The van der Waals surface area contributed by atoms with Crippen LogP contribution in [-0.2, 0) is 0 Å². The van der Waals surface area contributed by atoms with Crippen LogP contribution in [0.5, 0.6) is 0 Å². The average Bonchev–Trinajstić information content (AvgIpc) is 2.46. The molecule has 1 saturated heterocycles. The molecule has 0 N–H and O–H groups in total. The number of carbonyl (C=O) groups excluding carboxylic acids is 1. The van der Waals surface area contributed by atoms with Crippen LogP contribution in [-0.4, -0.2) is 42.0 Å². The lowest BCUT2D eigenvalue weighted by molar-refractivity contribution is 0.0463. The number of likely N-dealkylation sites (tertiary alicyclic amines) is 1. The predicted molar refractivity (Wildman–Crippen MR) is 56.1 cm³/mol. The second-order valence-corrected chi connectivity index (χ2v) is 5.23. The fourth-order valence-corrected chi connectivity index (χ4v) is 2.16. The van der Waals surface area contributed by atoms with Crippen LogP contribution in [0.3, 0.4) is 0 Å². The molecule has 1 fully saturated rings. The Morgan fingerprint density at radius 3 is 2.43 bits per heavy atom. The summed E-state index contributed by atoms with van der Waals surface area (Å²) in [6, 6.07) is 0.206. The molecule has 0 saturated carbocycles. The van der Waals surface area contributed by atoms with Crippen molar-refractivity contribution in [3.63, 3.8) is 0 Å². The van der Waals surface area contributed by atoms with Gasteiger partial charge in [0.05, 0.1) is 0 Å². The Labute approximate surface area is 85.4 Å². The standard InChI is InChI=1S/C11H18N2O/c1-9-4-5-12(6-9)10(14)13-7-11(2,3)8-13/h4H,5-8H2,1-3H3. The van der Waals surface area contributed by atoms with Gasteiger partial charge < -0.3 is 9.80 Å². The molecule has 3 nitrogen and oxygen atoms in total. The second-order valence-electron chi connectivity index (χ2n) is 5.23. The Bertz CT molecular complexity index is 286. The predicted octanol–water partition coefficient (Wildman–Crippen LogP) is 1.71. The van der Waals surface area contributed by atoms with Crippen molar-refractivity contribution in [2.45, 2.75) is 20.8 Å². The molecule has 0 atom stereocenters. The third kappa shape index (κ3) is 1.63. The summed E-state index contributed by atoms with van der Waals surface area (Å²) in [7, 11) is 0. The van der Waals surface area contributed by atoms with Crippen molar-refractivity contribution >= 4 is 6.03 Å². The van der Waals surface area contributed by atoms with Crippen molar-refractivity contribution in [2.24, 2.45) is 5.41 Å². The van der Waals surface area contributed by atoms with Crippen LogP contribution in [0.2, 0.25) is 0 Å². The number of amides is 2. The van der Waals surface area contributed by atoms with Gasteiger partial charge in [-0.15, -0.1) is 0 Å². The lowest BCUT2D eigenvalue weighted by atomic mass is 9.85. The van der Waals surface area contributed by atoms with Gasteiger partial charge in [0.2, 0.25) is 0 Å². The van der Waals surface area contributed by atoms with E-state index >= 15 is 0 Å². The van der Waals surface area contributed by atoms with Crippen LogP contribution in [0, 0.1) is 5.41 Å². The van der Waals surface area contributed by atoms with Crippen LogP contribution in [0.4, 0.5) is 4.79 Å². The van der Waals surface area contributed by atoms with E-state index < -0.39 is 0 Å². The van der Waals surface area contributed by atoms with Crippen molar-refractivity contribution < 1.29 is 4.79 Å². The van der Waals surface area contributed by atoms with Crippen molar-refractivity contribution in [1.82, 2.24) is 9.80 Å². The van der Waals surface area contributed by atoms with E-state index in [2.05, 4.69) is 26.8 Å². The van der Waals surface area contributed by atoms with E-state index in [1.165, 1.54) is 5.57 Å². The van der Waals surface area contributed by atoms with Gasteiger partial charge in [0.15, 0.2) is 0 Å². The summed E-state index contributed by atoms with van der Waals surface area (Å²) in [6.07, 6.45) is 2.13. The molecule has 0 aromatic carbocycles. The topological polar surface area (TPSA) is 23.6 Å². The molecule has 3 heteroatoms. The molecule has 2 heterocycles. The van der Waals surface area contributed by atoms with Gasteiger partial charge in [-0.25, -0.2) is 4.79 Å². The van der Waals surface area contributed by atoms with Gasteiger partial charge in [-0.3, -0.25) is 0 Å². The summed E-state index contributed by atoms with van der Waals surface area (Å²) < 4.78 is 0. The molecular weight excluding hydrogens is 176 g/mol. The van der Waals surface area contributed by atoms with Crippen LogP contribution in [0.1, 0.15) is 20.8 Å². The Kier molecular flexibility index (Phi) is 2.05. The third-order valence-corrected chi connectivity index (χ3v) is 2.88. The molecule has 2 rings (SSSR count). The molecule has 14 heavy (non-hydrogen) atoms. The lowest BCUT2D eigenvalue weighted by Crippen LogP contribution is -2.58. The minimum Gasteiger partial charge on any atom is -0.323 e. The SMILES string of the molecule is CC1=CCN(C(=O)N2CC(C)(C)C2)C1. The number of carbonyl (C=O) groups is 1. The zero-order valence-corrected chi connectivity index (χ0v) is 9.21. The molecule has 2 aliphatic heterocycles. The molecular formula is C11H18N2O. The first-order valence-electron chi connectivity index (χ1n) is 5.17. The Morgan fingerprint density at radius 2 is 2.00 bits per heavy atom. The molecule has 0 aromatic rings. The van der Waals surface area contributed by atoms with Crippen LogP contribution < -0.4 is 0 Å². The maximum atomic E-state index is 11.9. The number of hydrogen-bond acceptors (Lipinski definition) is 1. The number of nitrogens with zero attached hydrogens (tertiary/aromatic N) is 2. The van der Waals surface area contributed by atoms with Crippen LogP contribution in [0.25, 0.3) is 0 Å². The first kappa shape index (κ1) is 9.56. The highest BCUT2D eigenvalue weighted by Crippen LogP contribution is 2.29. The molecule has 0 bridgehead atoms. The van der Waals surface area contributed by atoms with Crippen LogP contribution in [0.15, 0.2) is 11.6 Å². The van der Waals surface area contributed by atoms with Gasteiger partial charge in [0, 0.05) is 31.6 Å². The van der Waals surface area contributed by atoms with Crippen molar-refractivity contribution in [3.8, 4) is 0 Å². The maximum Gasteiger partial charge on any atom is 0.320 e. The average molecular weight is 194 g/mol. The highest BCUT2D eigenvalue weighted by molar-refractivity contribution is 5.76. The zero-order chi connectivity index (χ0) is 10.3. The molecule has 0 spiro atoms. The minimum absolute atomic E-state index is 0.206. The molecule has 2 aliphatic rings. The zero-order valence-electron chi connectivity index (χ0n) is 9.21. The van der Waals surface area contributed by atoms with E-state index in [1.807, 2.05) is 9.80 Å². The Balaban J connectivity index is 1.87.